The van der Waals surface area contributed by atoms with Crippen LogP contribution in [0.2, 0.25) is 5.02 Å². The number of alkyl halides is 1. The predicted molar refractivity (Wildman–Crippen MR) is 136 cm³/mol. The van der Waals surface area contributed by atoms with Crippen molar-refractivity contribution < 1.29 is 18.7 Å². The van der Waals surface area contributed by atoms with Crippen molar-refractivity contribution in [1.29, 1.82) is 0 Å². The minimum absolute atomic E-state index is 0.131. The Hall–Kier alpha value is -3.46. The van der Waals surface area contributed by atoms with Gasteiger partial charge in [0.2, 0.25) is 5.82 Å². The Bertz CT molecular complexity index is 1480. The molecule has 192 valence electrons. The van der Waals surface area contributed by atoms with Gasteiger partial charge in [-0.3, -0.25) is 9.97 Å². The van der Waals surface area contributed by atoms with Crippen molar-refractivity contribution in [3.8, 4) is 11.3 Å². The molecule has 1 atom stereocenters. The number of aromatic nitrogens is 5. The van der Waals surface area contributed by atoms with E-state index >= 15 is 4.39 Å². The monoisotopic (exact) mass is 525 g/mol. The number of halogens is 3. The average Bonchev–Trinajstić information content (AvgIpc) is 3.24. The molecule has 37 heavy (non-hydrogen) atoms. The summed E-state index contributed by atoms with van der Waals surface area (Å²) in [5.74, 6) is -1.66. The van der Waals surface area contributed by atoms with Gasteiger partial charge in [0.1, 0.15) is 17.2 Å². The van der Waals surface area contributed by atoms with Crippen molar-refractivity contribution >= 4 is 28.6 Å². The highest BCUT2D eigenvalue weighted by molar-refractivity contribution is 6.30. The predicted octanol–water partition coefficient (Wildman–Crippen LogP) is 6.44. The van der Waals surface area contributed by atoms with E-state index in [0.717, 1.165) is 25.7 Å². The number of hydrogen-bond acceptors (Lipinski definition) is 5. The number of aromatic carboxylic acids is 1. The van der Waals surface area contributed by atoms with E-state index in [-0.39, 0.29) is 28.5 Å². The van der Waals surface area contributed by atoms with E-state index in [0.29, 0.717) is 28.6 Å². The van der Waals surface area contributed by atoms with Gasteiger partial charge in [0.15, 0.2) is 5.67 Å². The van der Waals surface area contributed by atoms with Gasteiger partial charge in [-0.25, -0.2) is 23.5 Å². The Balaban J connectivity index is 1.79. The first-order valence-electron chi connectivity index (χ1n) is 12.2. The number of carboxylic acid groups (broad SMARTS) is 1. The Kier molecular flexibility index (Phi) is 6.66. The van der Waals surface area contributed by atoms with Gasteiger partial charge in [0.25, 0.3) is 0 Å². The number of carbonyl (C=O) groups is 1. The highest BCUT2D eigenvalue weighted by Gasteiger charge is 2.38. The molecule has 1 N–H and O–H groups in total. The van der Waals surface area contributed by atoms with Crippen molar-refractivity contribution in [2.24, 2.45) is 11.8 Å². The van der Waals surface area contributed by atoms with E-state index in [9.17, 15) is 14.3 Å². The number of nitrogens with zero attached hydrogens (tertiary/aromatic N) is 5. The SMILES string of the molecule is CC1CCC(Cn2c([C@@](C)(F)c3ncccc3F)cc3nc(C(=O)O)nc(-c4cncc(Cl)c4)c32)CC1. The number of pyridine rings is 2. The summed E-state index contributed by atoms with van der Waals surface area (Å²) in [5, 5.41) is 10.0. The van der Waals surface area contributed by atoms with Crippen molar-refractivity contribution in [3.05, 3.63) is 70.9 Å². The molecule has 0 aliphatic heterocycles. The first kappa shape index (κ1) is 25.2. The highest BCUT2D eigenvalue weighted by Crippen LogP contribution is 2.41. The van der Waals surface area contributed by atoms with Crippen LogP contribution in [0.15, 0.2) is 42.9 Å². The van der Waals surface area contributed by atoms with Gasteiger partial charge in [-0.15, -0.1) is 0 Å². The van der Waals surface area contributed by atoms with Crippen molar-refractivity contribution in [2.75, 3.05) is 0 Å². The van der Waals surface area contributed by atoms with Crippen LogP contribution in [-0.4, -0.2) is 35.6 Å². The molecule has 0 bridgehead atoms. The standard InChI is InChI=1S/C27H26ClF2N5O2/c1-15-5-7-16(8-6-15)14-35-21(27(2,30)24-19(29)4-3-9-32-24)11-20-23(35)22(34-25(33-20)26(36)37)17-10-18(28)13-31-12-17/h3-4,9-13,15-16H,5-8,14H2,1-2H3,(H,36,37)/t15?,16?,27-/m1/s1. The second-order valence-corrected chi connectivity index (χ2v) is 10.4. The molecule has 0 saturated heterocycles. The maximum atomic E-state index is 16.7. The van der Waals surface area contributed by atoms with Gasteiger partial charge < -0.3 is 9.67 Å². The number of rotatable bonds is 6. The number of carboxylic acids is 1. The summed E-state index contributed by atoms with van der Waals surface area (Å²) >= 11 is 6.19. The molecular formula is C27H26ClF2N5O2. The minimum Gasteiger partial charge on any atom is -0.475 e. The number of hydrogen-bond donors (Lipinski definition) is 1. The molecular weight excluding hydrogens is 500 g/mol. The molecule has 10 heteroatoms. The van der Waals surface area contributed by atoms with Gasteiger partial charge in [-0.05, 0) is 55.9 Å². The van der Waals surface area contributed by atoms with Crippen molar-refractivity contribution in [3.63, 3.8) is 0 Å². The Morgan fingerprint density at radius 2 is 1.97 bits per heavy atom. The molecule has 5 rings (SSSR count). The summed E-state index contributed by atoms with van der Waals surface area (Å²) in [7, 11) is 0. The summed E-state index contributed by atoms with van der Waals surface area (Å²) in [6, 6.07) is 5.67. The molecule has 4 aromatic rings. The van der Waals surface area contributed by atoms with E-state index in [2.05, 4.69) is 26.9 Å². The van der Waals surface area contributed by atoms with Gasteiger partial charge in [0, 0.05) is 30.7 Å². The van der Waals surface area contributed by atoms with Crippen LogP contribution in [0.1, 0.15) is 61.5 Å². The van der Waals surface area contributed by atoms with Gasteiger partial charge in [0.05, 0.1) is 21.7 Å². The Morgan fingerprint density at radius 3 is 2.65 bits per heavy atom. The third-order valence-electron chi connectivity index (χ3n) is 7.18. The molecule has 0 radical (unpaired) electrons. The topological polar surface area (TPSA) is 93.8 Å². The lowest BCUT2D eigenvalue weighted by Crippen LogP contribution is -2.27. The molecule has 0 spiro atoms. The smallest absolute Gasteiger partial charge is 0.373 e. The van der Waals surface area contributed by atoms with Crippen LogP contribution < -0.4 is 0 Å². The summed E-state index contributed by atoms with van der Waals surface area (Å²) < 4.78 is 33.2. The fourth-order valence-corrected chi connectivity index (χ4v) is 5.38. The van der Waals surface area contributed by atoms with Crippen LogP contribution in [0.25, 0.3) is 22.3 Å². The van der Waals surface area contributed by atoms with E-state index in [4.69, 9.17) is 11.6 Å². The maximum absolute atomic E-state index is 16.7. The fraction of sp³-hybridized carbons (Fsp3) is 0.370. The van der Waals surface area contributed by atoms with Crippen molar-refractivity contribution in [2.45, 2.75) is 51.7 Å². The van der Waals surface area contributed by atoms with E-state index in [1.165, 1.54) is 43.7 Å². The van der Waals surface area contributed by atoms with Crippen LogP contribution in [0.3, 0.4) is 0 Å². The van der Waals surface area contributed by atoms with Gasteiger partial charge in [-0.2, -0.15) is 0 Å². The fourth-order valence-electron chi connectivity index (χ4n) is 5.21. The molecule has 1 aliphatic rings. The quantitative estimate of drug-likeness (QED) is 0.311. The van der Waals surface area contributed by atoms with Crippen LogP contribution >= 0.6 is 11.6 Å². The normalized spacial score (nSPS) is 19.6. The zero-order valence-corrected chi connectivity index (χ0v) is 21.2. The van der Waals surface area contributed by atoms with E-state index < -0.39 is 23.3 Å². The molecule has 0 amide bonds. The highest BCUT2D eigenvalue weighted by atomic mass is 35.5. The van der Waals surface area contributed by atoms with Crippen LogP contribution in [-0.2, 0) is 12.2 Å². The van der Waals surface area contributed by atoms with E-state index in [1.54, 1.807) is 10.6 Å². The zero-order valence-electron chi connectivity index (χ0n) is 20.5. The summed E-state index contributed by atoms with van der Waals surface area (Å²) in [6.07, 6.45) is 8.37. The third kappa shape index (κ3) is 4.80. The average molecular weight is 526 g/mol. The van der Waals surface area contributed by atoms with Gasteiger partial charge >= 0.3 is 5.97 Å². The molecule has 4 heterocycles. The molecule has 1 fully saturated rings. The zero-order chi connectivity index (χ0) is 26.3. The first-order chi connectivity index (χ1) is 17.6. The van der Waals surface area contributed by atoms with Crippen LogP contribution in [0.5, 0.6) is 0 Å². The molecule has 1 saturated carbocycles. The van der Waals surface area contributed by atoms with Gasteiger partial charge in [-0.1, -0.05) is 31.4 Å². The van der Waals surface area contributed by atoms with Crippen LogP contribution in [0.4, 0.5) is 8.78 Å². The second kappa shape index (κ2) is 9.78. The summed E-state index contributed by atoms with van der Waals surface area (Å²) in [4.78, 5) is 28.6. The lowest BCUT2D eigenvalue weighted by atomic mass is 9.83. The molecule has 0 unspecified atom stereocenters. The van der Waals surface area contributed by atoms with E-state index in [1.807, 2.05) is 0 Å². The summed E-state index contributed by atoms with van der Waals surface area (Å²) in [6.45, 7) is 3.93. The maximum Gasteiger partial charge on any atom is 0.373 e. The third-order valence-corrected chi connectivity index (χ3v) is 7.38. The molecule has 4 aromatic heterocycles. The second-order valence-electron chi connectivity index (χ2n) is 9.93. The largest absolute Gasteiger partial charge is 0.475 e. The lowest BCUT2D eigenvalue weighted by Gasteiger charge is -2.29. The van der Waals surface area contributed by atoms with Crippen molar-refractivity contribution in [1.82, 2.24) is 24.5 Å². The van der Waals surface area contributed by atoms with Crippen LogP contribution in [0, 0.1) is 17.7 Å². The molecule has 0 aromatic carbocycles. The minimum atomic E-state index is -2.33. The number of fused-ring (bicyclic) bond motifs is 1. The molecule has 7 nitrogen and oxygen atoms in total. The molecule has 1 aliphatic carbocycles. The lowest BCUT2D eigenvalue weighted by molar-refractivity contribution is 0.0684. The summed E-state index contributed by atoms with van der Waals surface area (Å²) in [5.41, 5.74) is -1.13. The Labute approximate surface area is 217 Å². The first-order valence-corrected chi connectivity index (χ1v) is 12.6. The Morgan fingerprint density at radius 1 is 1.22 bits per heavy atom.